The molecule has 5 heteroatoms. The van der Waals surface area contributed by atoms with Gasteiger partial charge in [0.05, 0.1) is 0 Å². The number of halogens is 1. The largest absolute Gasteiger partial charge is 0.339 e. The van der Waals surface area contributed by atoms with Crippen molar-refractivity contribution in [3.63, 3.8) is 0 Å². The molecule has 1 N–H and O–H groups in total. The highest BCUT2D eigenvalue weighted by Crippen LogP contribution is 2.23. The predicted octanol–water partition coefficient (Wildman–Crippen LogP) is 3.05. The highest BCUT2D eigenvalue weighted by molar-refractivity contribution is 5.53. The number of nitrogens with zero attached hydrogens (tertiary/aromatic N) is 2. The molecular weight excluding hydrogens is 257 g/mol. The van der Waals surface area contributed by atoms with Crippen LogP contribution in [0.15, 0.2) is 28.8 Å². The van der Waals surface area contributed by atoms with E-state index in [1.165, 1.54) is 12.1 Å². The van der Waals surface area contributed by atoms with Crippen LogP contribution in [-0.2, 0) is 6.42 Å². The minimum atomic E-state index is -0.277. The van der Waals surface area contributed by atoms with Gasteiger partial charge < -0.3 is 9.84 Å². The Balaban J connectivity index is 2.15. The van der Waals surface area contributed by atoms with Gasteiger partial charge in [0.2, 0.25) is 11.7 Å². The summed E-state index contributed by atoms with van der Waals surface area (Å²) in [6.07, 6.45) is 0.661. The molecule has 2 aromatic rings. The van der Waals surface area contributed by atoms with E-state index in [2.05, 4.69) is 36.2 Å². The second kappa shape index (κ2) is 5.71. The van der Waals surface area contributed by atoms with E-state index < -0.39 is 0 Å². The zero-order valence-corrected chi connectivity index (χ0v) is 12.3. The lowest BCUT2D eigenvalue weighted by atomic mass is 9.85. The van der Waals surface area contributed by atoms with Crippen LogP contribution in [0.1, 0.15) is 26.7 Å². The fourth-order valence-corrected chi connectivity index (χ4v) is 2.07. The summed E-state index contributed by atoms with van der Waals surface area (Å²) in [5, 5.41) is 7.22. The van der Waals surface area contributed by atoms with Crippen LogP contribution in [-0.4, -0.2) is 23.2 Å². The molecule has 0 aliphatic carbocycles. The first kappa shape index (κ1) is 14.7. The highest BCUT2D eigenvalue weighted by Gasteiger charge is 2.25. The van der Waals surface area contributed by atoms with Crippen LogP contribution in [0.5, 0.6) is 0 Å². The molecule has 1 unspecified atom stereocenters. The van der Waals surface area contributed by atoms with Gasteiger partial charge in [0.15, 0.2) is 0 Å². The molecule has 0 fully saturated rings. The van der Waals surface area contributed by atoms with Crippen LogP contribution in [0.3, 0.4) is 0 Å². The molecule has 2 rings (SSSR count). The number of aromatic nitrogens is 2. The van der Waals surface area contributed by atoms with Crippen molar-refractivity contribution in [1.82, 2.24) is 15.5 Å². The Labute approximate surface area is 118 Å². The molecule has 0 spiro atoms. The van der Waals surface area contributed by atoms with Gasteiger partial charge in [-0.2, -0.15) is 4.98 Å². The summed E-state index contributed by atoms with van der Waals surface area (Å²) in [4.78, 5) is 4.37. The first-order valence-corrected chi connectivity index (χ1v) is 6.66. The molecule has 0 amide bonds. The van der Waals surface area contributed by atoms with E-state index in [0.717, 1.165) is 5.56 Å². The van der Waals surface area contributed by atoms with E-state index in [1.807, 2.05) is 7.05 Å². The van der Waals surface area contributed by atoms with Gasteiger partial charge >= 0.3 is 0 Å². The summed E-state index contributed by atoms with van der Waals surface area (Å²) in [6, 6.07) is 6.30. The summed E-state index contributed by atoms with van der Waals surface area (Å²) in [5.74, 6) is 0.794. The number of likely N-dealkylation sites (N-methyl/N-ethyl adjacent to an activating group) is 1. The molecule has 1 heterocycles. The average molecular weight is 277 g/mol. The van der Waals surface area contributed by atoms with Crippen molar-refractivity contribution in [1.29, 1.82) is 0 Å². The standard InChI is InChI=1S/C15H20FN3O/c1-15(2,3)12(17-4)9-13-18-14(19-20-13)10-5-7-11(16)8-6-10/h5-8,12,17H,9H2,1-4H3. The molecule has 20 heavy (non-hydrogen) atoms. The molecule has 0 saturated heterocycles. The molecular formula is C15H20FN3O. The fraction of sp³-hybridized carbons (Fsp3) is 0.467. The van der Waals surface area contributed by atoms with Gasteiger partial charge in [-0.25, -0.2) is 4.39 Å². The molecule has 1 atom stereocenters. The Morgan fingerprint density at radius 3 is 2.45 bits per heavy atom. The quantitative estimate of drug-likeness (QED) is 0.933. The van der Waals surface area contributed by atoms with Crippen molar-refractivity contribution in [3.8, 4) is 11.4 Å². The molecule has 0 aliphatic heterocycles. The topological polar surface area (TPSA) is 51.0 Å². The molecule has 0 aliphatic rings. The van der Waals surface area contributed by atoms with E-state index in [-0.39, 0.29) is 17.3 Å². The first-order valence-electron chi connectivity index (χ1n) is 6.66. The van der Waals surface area contributed by atoms with Gasteiger partial charge in [0, 0.05) is 18.0 Å². The summed E-state index contributed by atoms with van der Waals surface area (Å²) in [6.45, 7) is 6.47. The molecule has 4 nitrogen and oxygen atoms in total. The van der Waals surface area contributed by atoms with Crippen LogP contribution in [0, 0.1) is 11.2 Å². The smallest absolute Gasteiger partial charge is 0.228 e. The third-order valence-electron chi connectivity index (χ3n) is 3.34. The predicted molar refractivity (Wildman–Crippen MR) is 75.7 cm³/mol. The third kappa shape index (κ3) is 3.42. The van der Waals surface area contributed by atoms with E-state index in [9.17, 15) is 4.39 Å². The van der Waals surface area contributed by atoms with Gasteiger partial charge in [-0.1, -0.05) is 25.9 Å². The monoisotopic (exact) mass is 277 g/mol. The maximum atomic E-state index is 12.9. The summed E-state index contributed by atoms with van der Waals surface area (Å²) in [7, 11) is 1.92. The van der Waals surface area contributed by atoms with Crippen molar-refractivity contribution in [2.24, 2.45) is 5.41 Å². The van der Waals surface area contributed by atoms with E-state index >= 15 is 0 Å². The second-order valence-electron chi connectivity index (χ2n) is 5.93. The normalized spacial score (nSPS) is 13.4. The number of nitrogens with one attached hydrogen (secondary N) is 1. The fourth-order valence-electron chi connectivity index (χ4n) is 2.07. The lowest BCUT2D eigenvalue weighted by Gasteiger charge is -2.29. The van der Waals surface area contributed by atoms with Gasteiger partial charge in [-0.05, 0) is 36.7 Å². The summed E-state index contributed by atoms with van der Waals surface area (Å²) >= 11 is 0. The van der Waals surface area contributed by atoms with E-state index in [1.54, 1.807) is 12.1 Å². The van der Waals surface area contributed by atoms with Crippen LogP contribution < -0.4 is 5.32 Å². The Morgan fingerprint density at radius 2 is 1.90 bits per heavy atom. The molecule has 108 valence electrons. The summed E-state index contributed by atoms with van der Waals surface area (Å²) < 4.78 is 18.2. The van der Waals surface area contributed by atoms with E-state index in [4.69, 9.17) is 4.52 Å². The van der Waals surface area contributed by atoms with Crippen LogP contribution >= 0.6 is 0 Å². The maximum absolute atomic E-state index is 12.9. The zero-order chi connectivity index (χ0) is 14.8. The van der Waals surface area contributed by atoms with Crippen LogP contribution in [0.25, 0.3) is 11.4 Å². The van der Waals surface area contributed by atoms with E-state index in [0.29, 0.717) is 18.1 Å². The molecule has 1 aromatic carbocycles. The molecule has 1 aromatic heterocycles. The SMILES string of the molecule is CNC(Cc1nc(-c2ccc(F)cc2)no1)C(C)(C)C. The number of hydrogen-bond acceptors (Lipinski definition) is 4. The van der Waals surface area contributed by atoms with Gasteiger partial charge in [0.25, 0.3) is 0 Å². The van der Waals surface area contributed by atoms with Gasteiger partial charge in [-0.3, -0.25) is 0 Å². The number of rotatable bonds is 4. The third-order valence-corrected chi connectivity index (χ3v) is 3.34. The Hall–Kier alpha value is -1.75. The minimum Gasteiger partial charge on any atom is -0.339 e. The molecule has 0 radical (unpaired) electrons. The van der Waals surface area contributed by atoms with Crippen molar-refractivity contribution < 1.29 is 8.91 Å². The van der Waals surface area contributed by atoms with Crippen LogP contribution in [0.4, 0.5) is 4.39 Å². The van der Waals surface area contributed by atoms with Gasteiger partial charge in [0.1, 0.15) is 5.82 Å². The lowest BCUT2D eigenvalue weighted by Crippen LogP contribution is -2.39. The maximum Gasteiger partial charge on any atom is 0.228 e. The van der Waals surface area contributed by atoms with Crippen molar-refractivity contribution in [2.75, 3.05) is 7.05 Å². The van der Waals surface area contributed by atoms with Crippen molar-refractivity contribution in [2.45, 2.75) is 33.2 Å². The second-order valence-corrected chi connectivity index (χ2v) is 5.93. The van der Waals surface area contributed by atoms with Gasteiger partial charge in [-0.15, -0.1) is 0 Å². The number of benzene rings is 1. The zero-order valence-electron chi connectivity index (χ0n) is 12.3. The Kier molecular flexibility index (Phi) is 4.18. The van der Waals surface area contributed by atoms with Crippen molar-refractivity contribution >= 4 is 0 Å². The lowest BCUT2D eigenvalue weighted by molar-refractivity contribution is 0.255. The molecule has 0 saturated carbocycles. The number of hydrogen-bond donors (Lipinski definition) is 1. The Bertz CT molecular complexity index is 557. The van der Waals surface area contributed by atoms with Crippen LogP contribution in [0.2, 0.25) is 0 Å². The average Bonchev–Trinajstić information content (AvgIpc) is 2.84. The Morgan fingerprint density at radius 1 is 1.25 bits per heavy atom. The first-order chi connectivity index (χ1) is 9.40. The summed E-state index contributed by atoms with van der Waals surface area (Å²) in [5.41, 5.74) is 0.845. The van der Waals surface area contributed by atoms with Crippen molar-refractivity contribution in [3.05, 3.63) is 36.0 Å². The molecule has 0 bridgehead atoms. The minimum absolute atomic E-state index is 0.0965. The highest BCUT2D eigenvalue weighted by atomic mass is 19.1.